The molecule has 2 rings (SSSR count). The van der Waals surface area contributed by atoms with Crippen LogP contribution in [0, 0.1) is 0 Å². The molecule has 0 N–H and O–H groups in total. The van der Waals surface area contributed by atoms with Gasteiger partial charge in [-0.25, -0.2) is 0 Å². The van der Waals surface area contributed by atoms with Gasteiger partial charge in [-0.05, 0) is 18.9 Å². The zero-order chi connectivity index (χ0) is 11.9. The number of morpholine rings is 1. The van der Waals surface area contributed by atoms with E-state index in [0.717, 1.165) is 39.3 Å². The first-order valence-corrected chi connectivity index (χ1v) is 6.36. The Morgan fingerprint density at radius 1 is 1.24 bits per heavy atom. The molecule has 0 aromatic heterocycles. The molecule has 1 aromatic rings. The van der Waals surface area contributed by atoms with Crippen LogP contribution >= 0.6 is 0 Å². The van der Waals surface area contributed by atoms with Crippen molar-refractivity contribution < 1.29 is 4.74 Å². The van der Waals surface area contributed by atoms with Crippen molar-refractivity contribution in [2.24, 2.45) is 0 Å². The molecule has 0 bridgehead atoms. The maximum atomic E-state index is 5.37. The van der Waals surface area contributed by atoms with Gasteiger partial charge in [0.15, 0.2) is 0 Å². The molecule has 0 aliphatic carbocycles. The van der Waals surface area contributed by atoms with Crippen molar-refractivity contribution in [3.63, 3.8) is 0 Å². The molecular formula is C15H21NO. The van der Waals surface area contributed by atoms with Crippen LogP contribution in [-0.2, 0) is 11.2 Å². The molecule has 2 nitrogen and oxygen atoms in total. The van der Waals surface area contributed by atoms with E-state index in [-0.39, 0.29) is 0 Å². The Bertz CT molecular complexity index is 352. The zero-order valence-corrected chi connectivity index (χ0v) is 10.6. The van der Waals surface area contributed by atoms with Crippen molar-refractivity contribution in [3.8, 4) is 0 Å². The predicted octanol–water partition coefficient (Wildman–Crippen LogP) is 2.51. The maximum absolute atomic E-state index is 5.37. The Kier molecular flexibility index (Phi) is 4.77. The summed E-state index contributed by atoms with van der Waals surface area (Å²) in [5.41, 5.74) is 2.90. The van der Waals surface area contributed by atoms with Crippen molar-refractivity contribution in [3.05, 3.63) is 47.5 Å². The highest BCUT2D eigenvalue weighted by atomic mass is 16.5. The molecule has 0 unspecified atom stereocenters. The van der Waals surface area contributed by atoms with Gasteiger partial charge < -0.3 is 4.74 Å². The number of hydrogen-bond donors (Lipinski definition) is 0. The van der Waals surface area contributed by atoms with Gasteiger partial charge in [-0.1, -0.05) is 42.0 Å². The molecule has 1 aromatic carbocycles. The van der Waals surface area contributed by atoms with E-state index in [2.05, 4.69) is 48.2 Å². The van der Waals surface area contributed by atoms with Gasteiger partial charge in [-0.2, -0.15) is 0 Å². The lowest BCUT2D eigenvalue weighted by Crippen LogP contribution is -2.37. The Morgan fingerprint density at radius 3 is 2.59 bits per heavy atom. The van der Waals surface area contributed by atoms with Gasteiger partial charge >= 0.3 is 0 Å². The Morgan fingerprint density at radius 2 is 1.94 bits per heavy atom. The zero-order valence-electron chi connectivity index (χ0n) is 10.6. The molecular weight excluding hydrogens is 210 g/mol. The second-order valence-electron chi connectivity index (χ2n) is 4.50. The fraction of sp³-hybridized carbons (Fsp3) is 0.467. The minimum atomic E-state index is 0.877. The van der Waals surface area contributed by atoms with Crippen molar-refractivity contribution in [2.75, 3.05) is 32.8 Å². The summed E-state index contributed by atoms with van der Waals surface area (Å²) in [4.78, 5) is 2.47. The van der Waals surface area contributed by atoms with Crippen LogP contribution in [0.5, 0.6) is 0 Å². The van der Waals surface area contributed by atoms with Crippen molar-refractivity contribution >= 4 is 0 Å². The highest BCUT2D eigenvalue weighted by Crippen LogP contribution is 2.10. The number of allylic oxidation sites excluding steroid dienone is 1. The molecule has 1 fully saturated rings. The fourth-order valence-corrected chi connectivity index (χ4v) is 2.15. The molecule has 1 aliphatic rings. The number of benzene rings is 1. The molecule has 92 valence electrons. The van der Waals surface area contributed by atoms with Crippen LogP contribution < -0.4 is 0 Å². The van der Waals surface area contributed by atoms with Crippen LogP contribution in [0.4, 0.5) is 0 Å². The molecule has 1 saturated heterocycles. The molecule has 2 heteroatoms. The second-order valence-corrected chi connectivity index (χ2v) is 4.50. The van der Waals surface area contributed by atoms with Crippen LogP contribution in [0.15, 0.2) is 42.0 Å². The van der Waals surface area contributed by atoms with Crippen LogP contribution in [0.25, 0.3) is 0 Å². The van der Waals surface area contributed by atoms with Gasteiger partial charge in [0.05, 0.1) is 13.2 Å². The van der Waals surface area contributed by atoms with Gasteiger partial charge in [-0.3, -0.25) is 4.90 Å². The van der Waals surface area contributed by atoms with Crippen LogP contribution in [0.3, 0.4) is 0 Å². The SMILES string of the molecule is C/C=C(\Cc1ccccc1)CN1CCOCC1. The summed E-state index contributed by atoms with van der Waals surface area (Å²) in [6.07, 6.45) is 3.32. The second kappa shape index (κ2) is 6.58. The van der Waals surface area contributed by atoms with E-state index in [4.69, 9.17) is 4.74 Å². The summed E-state index contributed by atoms with van der Waals surface area (Å²) in [7, 11) is 0. The minimum Gasteiger partial charge on any atom is -0.379 e. The van der Waals surface area contributed by atoms with Crippen LogP contribution in [-0.4, -0.2) is 37.7 Å². The van der Waals surface area contributed by atoms with Gasteiger partial charge in [0.25, 0.3) is 0 Å². The van der Waals surface area contributed by atoms with Crippen molar-refractivity contribution in [2.45, 2.75) is 13.3 Å². The maximum Gasteiger partial charge on any atom is 0.0594 e. The van der Waals surface area contributed by atoms with Crippen molar-refractivity contribution in [1.29, 1.82) is 0 Å². The quantitative estimate of drug-likeness (QED) is 0.738. The van der Waals surface area contributed by atoms with E-state index in [9.17, 15) is 0 Å². The third kappa shape index (κ3) is 3.99. The first kappa shape index (κ1) is 12.3. The summed E-state index contributed by atoms with van der Waals surface area (Å²) in [5.74, 6) is 0. The molecule has 0 saturated carbocycles. The van der Waals surface area contributed by atoms with Gasteiger partial charge in [-0.15, -0.1) is 0 Å². The number of ether oxygens (including phenoxy) is 1. The average Bonchev–Trinajstić information content (AvgIpc) is 2.40. The fourth-order valence-electron chi connectivity index (χ4n) is 2.15. The van der Waals surface area contributed by atoms with E-state index in [1.165, 1.54) is 11.1 Å². The lowest BCUT2D eigenvalue weighted by molar-refractivity contribution is 0.0420. The Labute approximate surface area is 104 Å². The molecule has 17 heavy (non-hydrogen) atoms. The first-order chi connectivity index (χ1) is 8.38. The Balaban J connectivity index is 1.89. The van der Waals surface area contributed by atoms with E-state index in [1.54, 1.807) is 0 Å². The third-order valence-electron chi connectivity index (χ3n) is 3.21. The average molecular weight is 231 g/mol. The summed E-state index contributed by atoms with van der Waals surface area (Å²) < 4.78 is 5.37. The van der Waals surface area contributed by atoms with Gasteiger partial charge in [0, 0.05) is 19.6 Å². The first-order valence-electron chi connectivity index (χ1n) is 6.36. The molecule has 0 amide bonds. The van der Waals surface area contributed by atoms with E-state index in [1.807, 2.05) is 0 Å². The lowest BCUT2D eigenvalue weighted by atomic mass is 10.0. The summed E-state index contributed by atoms with van der Waals surface area (Å²) in [6.45, 7) is 7.09. The summed E-state index contributed by atoms with van der Waals surface area (Å²) in [6, 6.07) is 10.7. The molecule has 1 aliphatic heterocycles. The standard InChI is InChI=1S/C15H21NO/c1-2-14(12-15-6-4-3-5-7-15)13-16-8-10-17-11-9-16/h2-7H,8-13H2,1H3/b14-2+. The topological polar surface area (TPSA) is 12.5 Å². The van der Waals surface area contributed by atoms with Crippen molar-refractivity contribution in [1.82, 2.24) is 4.90 Å². The monoisotopic (exact) mass is 231 g/mol. The largest absolute Gasteiger partial charge is 0.379 e. The molecule has 0 atom stereocenters. The third-order valence-corrected chi connectivity index (χ3v) is 3.21. The van der Waals surface area contributed by atoms with E-state index < -0.39 is 0 Å². The molecule has 1 heterocycles. The van der Waals surface area contributed by atoms with Gasteiger partial charge in [0.2, 0.25) is 0 Å². The summed E-state index contributed by atoms with van der Waals surface area (Å²) in [5, 5.41) is 0. The minimum absolute atomic E-state index is 0.877. The highest BCUT2D eigenvalue weighted by Gasteiger charge is 2.11. The van der Waals surface area contributed by atoms with Crippen LogP contribution in [0.2, 0.25) is 0 Å². The number of hydrogen-bond acceptors (Lipinski definition) is 2. The summed E-state index contributed by atoms with van der Waals surface area (Å²) >= 11 is 0. The smallest absolute Gasteiger partial charge is 0.0594 e. The van der Waals surface area contributed by atoms with E-state index in [0.29, 0.717) is 0 Å². The van der Waals surface area contributed by atoms with Gasteiger partial charge in [0.1, 0.15) is 0 Å². The molecule has 0 radical (unpaired) electrons. The van der Waals surface area contributed by atoms with Crippen LogP contribution in [0.1, 0.15) is 12.5 Å². The number of rotatable bonds is 4. The lowest BCUT2D eigenvalue weighted by Gasteiger charge is -2.27. The van der Waals surface area contributed by atoms with E-state index >= 15 is 0 Å². The predicted molar refractivity (Wildman–Crippen MR) is 71.2 cm³/mol. The Hall–Kier alpha value is -1.12. The highest BCUT2D eigenvalue weighted by molar-refractivity contribution is 5.22. The number of nitrogens with zero attached hydrogens (tertiary/aromatic N) is 1. The molecule has 0 spiro atoms. The normalized spacial score (nSPS) is 18.3.